The predicted molar refractivity (Wildman–Crippen MR) is 134 cm³/mol. The van der Waals surface area contributed by atoms with E-state index in [2.05, 4.69) is 11.6 Å². The van der Waals surface area contributed by atoms with Crippen LogP contribution in [0.25, 0.3) is 10.9 Å². The highest BCUT2D eigenvalue weighted by Gasteiger charge is 2.54. The van der Waals surface area contributed by atoms with Crippen LogP contribution in [0.1, 0.15) is 41.2 Å². The summed E-state index contributed by atoms with van der Waals surface area (Å²) in [5, 5.41) is 12.5. The number of aromatic nitrogens is 1. The van der Waals surface area contributed by atoms with E-state index in [1.165, 1.54) is 7.11 Å². The van der Waals surface area contributed by atoms with E-state index >= 15 is 0 Å². The number of aliphatic hydroxyl groups excluding tert-OH is 1. The maximum absolute atomic E-state index is 13.6. The van der Waals surface area contributed by atoms with Crippen molar-refractivity contribution in [3.8, 4) is 5.75 Å². The van der Waals surface area contributed by atoms with Gasteiger partial charge in [-0.3, -0.25) is 4.98 Å². The normalized spacial score (nSPS) is 26.0. The second-order valence-corrected chi connectivity index (χ2v) is 10.7. The minimum atomic E-state index is -4.93. The van der Waals surface area contributed by atoms with Crippen molar-refractivity contribution in [2.75, 3.05) is 20.2 Å². The maximum atomic E-state index is 13.6. The molecule has 6 rings (SSSR count). The molecule has 3 aromatic rings. The number of hydrogen-bond acceptors (Lipinski definition) is 3. The van der Waals surface area contributed by atoms with E-state index in [4.69, 9.17) is 4.74 Å². The molecule has 0 radical (unpaired) electrons. The number of quaternary nitrogens is 1. The number of benzene rings is 2. The Bertz CT molecular complexity index is 1360. The Labute approximate surface area is 222 Å². The Morgan fingerprint density at radius 3 is 2.38 bits per heavy atom. The Balaban J connectivity index is 1.60. The zero-order chi connectivity index (χ0) is 28.2. The second-order valence-electron chi connectivity index (χ2n) is 10.7. The molecule has 1 aromatic heterocycles. The number of fused-ring (bicyclic) bond motifs is 4. The number of aliphatic hydroxyl groups is 1. The van der Waals surface area contributed by atoms with Crippen LogP contribution in [0, 0.1) is 11.8 Å². The summed E-state index contributed by atoms with van der Waals surface area (Å²) >= 11 is 0. The lowest BCUT2D eigenvalue weighted by atomic mass is 9.71. The van der Waals surface area contributed by atoms with Gasteiger partial charge in [-0.2, -0.15) is 26.3 Å². The molecule has 3 fully saturated rings. The van der Waals surface area contributed by atoms with Crippen LogP contribution in [0.4, 0.5) is 26.3 Å². The van der Waals surface area contributed by atoms with Crippen molar-refractivity contribution in [3.05, 3.63) is 83.6 Å². The highest BCUT2D eigenvalue weighted by Crippen LogP contribution is 2.48. The first-order valence-electron chi connectivity index (χ1n) is 12.7. The Morgan fingerprint density at radius 1 is 1.08 bits per heavy atom. The zero-order valence-electron chi connectivity index (χ0n) is 21.3. The first kappa shape index (κ1) is 27.5. The minimum Gasteiger partial charge on any atom is -0.497 e. The molecule has 0 saturated carbocycles. The smallest absolute Gasteiger partial charge is 0.416 e. The van der Waals surface area contributed by atoms with E-state index in [0.717, 1.165) is 18.6 Å². The van der Waals surface area contributed by atoms with Crippen molar-refractivity contribution in [1.29, 1.82) is 0 Å². The summed E-state index contributed by atoms with van der Waals surface area (Å²) < 4.78 is 87.2. The average Bonchev–Trinajstić information content (AvgIpc) is 2.90. The second kappa shape index (κ2) is 9.82. The molecule has 5 atom stereocenters. The van der Waals surface area contributed by atoms with Gasteiger partial charge in [0.1, 0.15) is 24.4 Å². The SMILES string of the molecule is C=C[C@H]1C[N+]2(Cc3cc(C(F)(F)F)cc(C(F)(F)F)c3)CC[C@H]1CC2[C@H](O)c1ccnc2ccc(OC)cc12. The van der Waals surface area contributed by atoms with Crippen molar-refractivity contribution in [3.63, 3.8) is 0 Å². The van der Waals surface area contributed by atoms with Gasteiger partial charge in [0.05, 0.1) is 36.8 Å². The van der Waals surface area contributed by atoms with E-state index < -0.39 is 35.6 Å². The molecular formula is C29H29F6N2O2+. The zero-order valence-corrected chi connectivity index (χ0v) is 21.3. The number of methoxy groups -OCH3 is 1. The number of pyridine rings is 1. The molecule has 0 aliphatic carbocycles. The summed E-state index contributed by atoms with van der Waals surface area (Å²) in [5.74, 6) is 0.843. The number of nitrogens with zero attached hydrogens (tertiary/aromatic N) is 2. The fourth-order valence-electron chi connectivity index (χ4n) is 6.59. The molecule has 3 aliphatic heterocycles. The summed E-state index contributed by atoms with van der Waals surface area (Å²) in [6.07, 6.45) is -6.16. The number of piperidine rings is 3. The van der Waals surface area contributed by atoms with Gasteiger partial charge in [0.15, 0.2) is 0 Å². The van der Waals surface area contributed by atoms with Crippen LogP contribution in [0.15, 0.2) is 61.3 Å². The van der Waals surface area contributed by atoms with Crippen LogP contribution >= 0.6 is 0 Å². The molecule has 0 spiro atoms. The number of alkyl halides is 6. The van der Waals surface area contributed by atoms with Crippen molar-refractivity contribution >= 4 is 10.9 Å². The van der Waals surface area contributed by atoms with Crippen LogP contribution in [0.3, 0.4) is 0 Å². The molecule has 10 heteroatoms. The van der Waals surface area contributed by atoms with Gasteiger partial charge in [-0.25, -0.2) is 0 Å². The van der Waals surface area contributed by atoms with E-state index in [1.54, 1.807) is 30.5 Å². The van der Waals surface area contributed by atoms with Gasteiger partial charge in [0.2, 0.25) is 0 Å². The summed E-state index contributed by atoms with van der Waals surface area (Å²) in [6, 6.07) is 8.34. The largest absolute Gasteiger partial charge is 0.497 e. The van der Waals surface area contributed by atoms with Crippen molar-refractivity contribution in [2.45, 2.75) is 43.9 Å². The van der Waals surface area contributed by atoms with Gasteiger partial charge in [0.25, 0.3) is 0 Å². The maximum Gasteiger partial charge on any atom is 0.416 e. The Kier molecular flexibility index (Phi) is 6.91. The molecule has 208 valence electrons. The summed E-state index contributed by atoms with van der Waals surface area (Å²) in [6.45, 7) is 4.86. The first-order valence-corrected chi connectivity index (χ1v) is 12.7. The molecule has 3 aliphatic rings. The quantitative estimate of drug-likeness (QED) is 0.205. The molecule has 1 N–H and O–H groups in total. The van der Waals surface area contributed by atoms with Crippen LogP contribution in [0.5, 0.6) is 5.75 Å². The van der Waals surface area contributed by atoms with Crippen molar-refractivity contribution in [1.82, 2.24) is 4.98 Å². The van der Waals surface area contributed by atoms with Gasteiger partial charge in [-0.15, -0.1) is 6.58 Å². The van der Waals surface area contributed by atoms with Crippen LogP contribution < -0.4 is 4.74 Å². The highest BCUT2D eigenvalue weighted by atomic mass is 19.4. The molecular weight excluding hydrogens is 522 g/mol. The minimum absolute atomic E-state index is 0.0457. The van der Waals surface area contributed by atoms with E-state index in [0.29, 0.717) is 41.7 Å². The Morgan fingerprint density at radius 2 is 1.77 bits per heavy atom. The number of ether oxygens (including phenoxy) is 1. The molecule has 0 amide bonds. The topological polar surface area (TPSA) is 42.4 Å². The molecule has 3 saturated heterocycles. The average molecular weight is 552 g/mol. The van der Waals surface area contributed by atoms with Crippen LogP contribution in [0.2, 0.25) is 0 Å². The summed E-state index contributed by atoms with van der Waals surface area (Å²) in [4.78, 5) is 4.37. The molecule has 4 heterocycles. The lowest BCUT2D eigenvalue weighted by molar-refractivity contribution is -0.984. The first-order chi connectivity index (χ1) is 18.3. The fraction of sp³-hybridized carbons (Fsp3) is 0.414. The van der Waals surface area contributed by atoms with E-state index in [-0.39, 0.29) is 34.5 Å². The fourth-order valence-corrected chi connectivity index (χ4v) is 6.59. The third-order valence-corrected chi connectivity index (χ3v) is 8.49. The van der Waals surface area contributed by atoms with E-state index in [1.807, 2.05) is 6.08 Å². The predicted octanol–water partition coefficient (Wildman–Crippen LogP) is 6.93. The lowest BCUT2D eigenvalue weighted by Crippen LogP contribution is -2.67. The molecule has 2 unspecified atom stereocenters. The van der Waals surface area contributed by atoms with Gasteiger partial charge in [-0.05, 0) is 53.9 Å². The molecule has 2 bridgehead atoms. The summed E-state index contributed by atoms with van der Waals surface area (Å²) in [7, 11) is 1.53. The van der Waals surface area contributed by atoms with Crippen LogP contribution in [-0.2, 0) is 18.9 Å². The summed E-state index contributed by atoms with van der Waals surface area (Å²) in [5.41, 5.74) is -1.47. The van der Waals surface area contributed by atoms with Gasteiger partial charge in [0, 0.05) is 35.9 Å². The number of halogens is 6. The van der Waals surface area contributed by atoms with Gasteiger partial charge < -0.3 is 14.3 Å². The van der Waals surface area contributed by atoms with Crippen molar-refractivity contribution in [2.24, 2.45) is 11.8 Å². The number of hydrogen-bond donors (Lipinski definition) is 1. The van der Waals surface area contributed by atoms with E-state index in [9.17, 15) is 31.4 Å². The van der Waals surface area contributed by atoms with Gasteiger partial charge >= 0.3 is 12.4 Å². The van der Waals surface area contributed by atoms with Gasteiger partial charge in [-0.1, -0.05) is 6.08 Å². The molecule has 2 aromatic carbocycles. The standard InChI is InChI=1S/C29H29F6N2O2/c1-3-18-16-37(15-17-10-20(28(30,31)32)13-21(11-17)29(33,34)35)9-7-19(18)12-26(37)27(38)23-6-8-36-25-5-4-22(39-2)14-24(23)25/h3-6,8,10-11,13-14,18-19,26-27,38H,1,7,9,12,15-16H2,2H3/q+1/t18-,19-,26?,27+,37?/m0/s1. The molecule has 4 nitrogen and oxygen atoms in total. The Hall–Kier alpha value is -3.11. The monoisotopic (exact) mass is 551 g/mol. The van der Waals surface area contributed by atoms with Crippen LogP contribution in [-0.4, -0.2) is 40.8 Å². The third kappa shape index (κ3) is 5.12. The third-order valence-electron chi connectivity index (χ3n) is 8.49. The molecule has 39 heavy (non-hydrogen) atoms. The lowest BCUT2D eigenvalue weighted by Gasteiger charge is -2.58. The number of rotatable bonds is 6. The highest BCUT2D eigenvalue weighted by molar-refractivity contribution is 5.83. The van der Waals surface area contributed by atoms with Crippen molar-refractivity contribution < 1.29 is 40.7 Å².